The third kappa shape index (κ3) is 4.89. The fraction of sp³-hybridized carbons (Fsp3) is 0.0204. The molecule has 2 nitrogen and oxygen atoms in total. The van der Waals surface area contributed by atoms with Crippen molar-refractivity contribution < 1.29 is 0 Å². The summed E-state index contributed by atoms with van der Waals surface area (Å²) in [5.74, 6) is 0.711. The zero-order valence-electron chi connectivity index (χ0n) is 28.3. The average Bonchev–Trinajstić information content (AvgIpc) is 3.23. The lowest BCUT2D eigenvalue weighted by Gasteiger charge is -2.42. The highest BCUT2D eigenvalue weighted by Gasteiger charge is 2.45. The van der Waals surface area contributed by atoms with Crippen molar-refractivity contribution in [3.05, 3.63) is 216 Å². The molecule has 0 N–H and O–H groups in total. The Morgan fingerprint density at radius 1 is 0.365 bits per heavy atom. The molecular weight excluding hydrogens is 649 g/mol. The highest BCUT2D eigenvalue weighted by atomic mass is 32.2. The van der Waals surface area contributed by atoms with Crippen molar-refractivity contribution >= 4 is 33.3 Å². The Balaban J connectivity index is 1.28. The van der Waals surface area contributed by atoms with Crippen LogP contribution in [0.4, 0.5) is 0 Å². The lowest BCUT2D eigenvalue weighted by molar-refractivity contribution is 0.709. The van der Waals surface area contributed by atoms with Crippen LogP contribution in [0.2, 0.25) is 0 Å². The first-order valence-corrected chi connectivity index (χ1v) is 18.5. The summed E-state index contributed by atoms with van der Waals surface area (Å²) in [5, 5.41) is 5.04. The Kier molecular flexibility index (Phi) is 7.33. The van der Waals surface area contributed by atoms with E-state index in [9.17, 15) is 0 Å². The Morgan fingerprint density at radius 2 is 0.846 bits per heavy atom. The third-order valence-electron chi connectivity index (χ3n) is 10.4. The molecular formula is C49H32N2S. The molecule has 0 atom stereocenters. The van der Waals surface area contributed by atoms with Crippen LogP contribution in [0, 0.1) is 0 Å². The first-order valence-electron chi connectivity index (χ1n) is 17.7. The van der Waals surface area contributed by atoms with E-state index in [0.717, 1.165) is 28.1 Å². The van der Waals surface area contributed by atoms with Crippen molar-refractivity contribution in [2.24, 2.45) is 0 Å². The lowest BCUT2D eigenvalue weighted by atomic mass is 9.64. The van der Waals surface area contributed by atoms with Gasteiger partial charge >= 0.3 is 0 Å². The van der Waals surface area contributed by atoms with Crippen molar-refractivity contribution in [2.75, 3.05) is 0 Å². The van der Waals surface area contributed by atoms with Gasteiger partial charge in [-0.2, -0.15) is 0 Å². The monoisotopic (exact) mass is 680 g/mol. The highest BCUT2D eigenvalue weighted by Crippen LogP contribution is 2.58. The molecule has 0 amide bonds. The minimum atomic E-state index is -0.598. The van der Waals surface area contributed by atoms with E-state index < -0.39 is 5.41 Å². The van der Waals surface area contributed by atoms with Gasteiger partial charge in [0.05, 0.1) is 16.8 Å². The molecule has 1 aromatic heterocycles. The van der Waals surface area contributed by atoms with Crippen LogP contribution in [0.15, 0.2) is 204 Å². The van der Waals surface area contributed by atoms with Crippen LogP contribution in [-0.4, -0.2) is 9.97 Å². The van der Waals surface area contributed by atoms with Gasteiger partial charge in [0.25, 0.3) is 0 Å². The van der Waals surface area contributed by atoms with Crippen LogP contribution < -0.4 is 0 Å². The van der Waals surface area contributed by atoms with E-state index in [0.29, 0.717) is 5.82 Å². The Bertz CT molecular complexity index is 2620. The van der Waals surface area contributed by atoms with Gasteiger partial charge in [-0.25, -0.2) is 9.97 Å². The zero-order valence-corrected chi connectivity index (χ0v) is 29.1. The molecule has 1 aliphatic heterocycles. The number of hydrogen-bond acceptors (Lipinski definition) is 3. The second kappa shape index (κ2) is 12.5. The Morgan fingerprint density at radius 3 is 1.46 bits per heavy atom. The van der Waals surface area contributed by atoms with Gasteiger partial charge in [0, 0.05) is 26.5 Å². The minimum Gasteiger partial charge on any atom is -0.228 e. The number of aromatic nitrogens is 2. The van der Waals surface area contributed by atoms with Crippen LogP contribution >= 0.6 is 11.8 Å². The maximum absolute atomic E-state index is 5.24. The summed E-state index contributed by atoms with van der Waals surface area (Å²) in [7, 11) is 0. The molecule has 0 fully saturated rings. The second-order valence-corrected chi connectivity index (χ2v) is 14.3. The van der Waals surface area contributed by atoms with E-state index in [1.54, 1.807) is 0 Å². The Labute approximate surface area is 307 Å². The zero-order chi connectivity index (χ0) is 34.5. The predicted molar refractivity (Wildman–Crippen MR) is 216 cm³/mol. The maximum atomic E-state index is 5.24. The molecule has 0 saturated carbocycles. The van der Waals surface area contributed by atoms with Gasteiger partial charge < -0.3 is 0 Å². The molecule has 2 heterocycles. The summed E-state index contributed by atoms with van der Waals surface area (Å²) in [6.07, 6.45) is 0. The van der Waals surface area contributed by atoms with Crippen molar-refractivity contribution in [3.8, 4) is 33.9 Å². The molecule has 0 radical (unpaired) electrons. The first-order chi connectivity index (χ1) is 25.8. The summed E-state index contributed by atoms with van der Waals surface area (Å²) in [6.45, 7) is 0. The van der Waals surface area contributed by atoms with Gasteiger partial charge in [-0.15, -0.1) is 0 Å². The number of nitrogens with zero attached hydrogens (tertiary/aromatic N) is 2. The van der Waals surface area contributed by atoms with E-state index >= 15 is 0 Å². The second-order valence-electron chi connectivity index (χ2n) is 13.3. The van der Waals surface area contributed by atoms with Gasteiger partial charge in [-0.1, -0.05) is 194 Å². The molecule has 0 bridgehead atoms. The predicted octanol–water partition coefficient (Wildman–Crippen LogP) is 12.6. The Hall–Kier alpha value is -6.29. The van der Waals surface area contributed by atoms with E-state index in [-0.39, 0.29) is 0 Å². The van der Waals surface area contributed by atoms with Gasteiger partial charge in [-0.3, -0.25) is 0 Å². The molecule has 10 rings (SSSR count). The molecule has 0 spiro atoms. The van der Waals surface area contributed by atoms with Crippen molar-refractivity contribution in [1.82, 2.24) is 9.97 Å². The quantitative estimate of drug-likeness (QED) is 0.181. The van der Waals surface area contributed by atoms with Crippen LogP contribution in [0.5, 0.6) is 0 Å². The molecule has 0 saturated heterocycles. The highest BCUT2D eigenvalue weighted by molar-refractivity contribution is 8.00. The van der Waals surface area contributed by atoms with Crippen molar-refractivity contribution in [3.63, 3.8) is 0 Å². The van der Waals surface area contributed by atoms with Crippen molar-refractivity contribution in [1.29, 1.82) is 0 Å². The molecule has 3 heteroatoms. The first kappa shape index (κ1) is 30.5. The van der Waals surface area contributed by atoms with E-state index in [1.807, 2.05) is 36.0 Å². The van der Waals surface area contributed by atoms with Crippen LogP contribution in [-0.2, 0) is 5.41 Å². The van der Waals surface area contributed by atoms with Gasteiger partial charge in [0.15, 0.2) is 5.82 Å². The lowest BCUT2D eigenvalue weighted by Crippen LogP contribution is -2.34. The molecule has 0 aliphatic carbocycles. The molecule has 1 aliphatic rings. The van der Waals surface area contributed by atoms with Crippen LogP contribution in [0.25, 0.3) is 55.4 Å². The third-order valence-corrected chi connectivity index (χ3v) is 11.7. The van der Waals surface area contributed by atoms with Crippen molar-refractivity contribution in [2.45, 2.75) is 15.2 Å². The summed E-state index contributed by atoms with van der Waals surface area (Å²) < 4.78 is 0. The normalized spacial score (nSPS) is 13.1. The maximum Gasteiger partial charge on any atom is 0.160 e. The fourth-order valence-corrected chi connectivity index (χ4v) is 9.46. The van der Waals surface area contributed by atoms with E-state index in [4.69, 9.17) is 9.97 Å². The largest absolute Gasteiger partial charge is 0.228 e. The minimum absolute atomic E-state index is 0.598. The number of fused-ring (bicyclic) bond motifs is 6. The van der Waals surface area contributed by atoms with E-state index in [2.05, 4.69) is 170 Å². The molecule has 244 valence electrons. The molecule has 9 aromatic rings. The summed E-state index contributed by atoms with van der Waals surface area (Å²) in [5.41, 5.74) is 9.31. The molecule has 8 aromatic carbocycles. The van der Waals surface area contributed by atoms with E-state index in [1.165, 1.54) is 53.6 Å². The summed E-state index contributed by atoms with van der Waals surface area (Å²) in [6, 6.07) is 69.9. The number of rotatable bonds is 5. The number of benzene rings is 8. The standard InChI is InChI=1S/C49H32N2S/c1-4-17-35(18-5-1)44-32-45(51-48(50-44)36-19-6-2-7-20-36)37-21-14-24-39(31-37)49(38-22-8-3-9-23-38)42-29-27-33-15-10-12-25-40(33)46(42)52-47-41-26-13-11-16-34(41)28-30-43(47)49/h1-32H. The SMILES string of the molecule is c1ccc(-c2cc(-c3cccc(C4(c5ccccc5)c5ccc6ccccc6c5Sc5c4ccc4ccccc54)c3)nc(-c3ccccc3)n2)cc1. The smallest absolute Gasteiger partial charge is 0.160 e. The topological polar surface area (TPSA) is 25.8 Å². The molecule has 52 heavy (non-hydrogen) atoms. The van der Waals surface area contributed by atoms with Gasteiger partial charge in [0.1, 0.15) is 0 Å². The number of hydrogen-bond donors (Lipinski definition) is 0. The summed E-state index contributed by atoms with van der Waals surface area (Å²) in [4.78, 5) is 12.9. The van der Waals surface area contributed by atoms with Crippen LogP contribution in [0.1, 0.15) is 22.3 Å². The fourth-order valence-electron chi connectivity index (χ4n) is 8.00. The summed E-state index contributed by atoms with van der Waals surface area (Å²) >= 11 is 1.91. The molecule has 0 unspecified atom stereocenters. The average molecular weight is 681 g/mol. The van der Waals surface area contributed by atoms with Crippen LogP contribution in [0.3, 0.4) is 0 Å². The van der Waals surface area contributed by atoms with Gasteiger partial charge in [-0.05, 0) is 55.9 Å². The van der Waals surface area contributed by atoms with Gasteiger partial charge in [0.2, 0.25) is 0 Å².